The summed E-state index contributed by atoms with van der Waals surface area (Å²) < 4.78 is 1.54. The van der Waals surface area contributed by atoms with E-state index >= 15 is 0 Å². The lowest BCUT2D eigenvalue weighted by Gasteiger charge is -2.16. The van der Waals surface area contributed by atoms with Crippen LogP contribution in [0.25, 0.3) is 0 Å². The Hall–Kier alpha value is -1.95. The predicted octanol–water partition coefficient (Wildman–Crippen LogP) is 2.63. The van der Waals surface area contributed by atoms with E-state index in [0.717, 1.165) is 17.1 Å². The van der Waals surface area contributed by atoms with Crippen LogP contribution in [0.4, 0.5) is 0 Å². The van der Waals surface area contributed by atoms with Gasteiger partial charge in [-0.1, -0.05) is 32.4 Å². The number of carbonyl (C=O) groups is 1. The third kappa shape index (κ3) is 2.72. The molecule has 0 aromatic carbocycles. The molecule has 0 saturated carbocycles. The SMILES string of the molecule is Cc1nn(C)c(C(=O)N2Cc3cnc(C(C)(C)C)nc3C2)c1Cl. The van der Waals surface area contributed by atoms with Crippen LogP contribution in [0.2, 0.25) is 5.02 Å². The van der Waals surface area contributed by atoms with Crippen molar-refractivity contribution in [1.29, 1.82) is 0 Å². The molecule has 122 valence electrons. The molecule has 0 atom stereocenters. The average molecular weight is 334 g/mol. The third-order valence-corrected chi connectivity index (χ3v) is 4.42. The maximum absolute atomic E-state index is 12.8. The average Bonchev–Trinajstić information content (AvgIpc) is 2.98. The van der Waals surface area contributed by atoms with Crippen molar-refractivity contribution >= 4 is 17.5 Å². The summed E-state index contributed by atoms with van der Waals surface area (Å²) in [7, 11) is 1.73. The van der Waals surface area contributed by atoms with Crippen molar-refractivity contribution in [3.63, 3.8) is 0 Å². The molecule has 0 unspecified atom stereocenters. The number of carbonyl (C=O) groups excluding carboxylic acids is 1. The van der Waals surface area contributed by atoms with Gasteiger partial charge in [-0.25, -0.2) is 9.97 Å². The molecule has 0 fully saturated rings. The molecule has 0 bridgehead atoms. The summed E-state index contributed by atoms with van der Waals surface area (Å²) in [6, 6.07) is 0. The minimum atomic E-state index is -0.131. The highest BCUT2D eigenvalue weighted by Gasteiger charge is 2.31. The van der Waals surface area contributed by atoms with E-state index in [0.29, 0.717) is 29.5 Å². The fraction of sp³-hybridized carbons (Fsp3) is 0.500. The number of amides is 1. The minimum absolute atomic E-state index is 0.116. The number of nitrogens with zero attached hydrogens (tertiary/aromatic N) is 5. The van der Waals surface area contributed by atoms with E-state index in [1.807, 2.05) is 6.20 Å². The molecule has 23 heavy (non-hydrogen) atoms. The summed E-state index contributed by atoms with van der Waals surface area (Å²) in [6.45, 7) is 8.98. The van der Waals surface area contributed by atoms with E-state index in [9.17, 15) is 4.79 Å². The van der Waals surface area contributed by atoms with Gasteiger partial charge in [-0.2, -0.15) is 5.10 Å². The number of rotatable bonds is 1. The van der Waals surface area contributed by atoms with Crippen LogP contribution in [0, 0.1) is 6.92 Å². The molecule has 2 aromatic rings. The molecule has 0 spiro atoms. The second-order valence-corrected chi connectivity index (χ2v) is 7.33. The molecule has 0 aliphatic carbocycles. The first-order chi connectivity index (χ1) is 10.7. The zero-order chi connectivity index (χ0) is 16.9. The van der Waals surface area contributed by atoms with Gasteiger partial charge in [0, 0.05) is 30.8 Å². The molecular weight excluding hydrogens is 314 g/mol. The molecule has 6 nitrogen and oxygen atoms in total. The van der Waals surface area contributed by atoms with Crippen molar-refractivity contribution in [3.8, 4) is 0 Å². The Morgan fingerprint density at radius 2 is 2.00 bits per heavy atom. The molecular formula is C16H20ClN5O. The molecule has 0 saturated heterocycles. The topological polar surface area (TPSA) is 63.9 Å². The van der Waals surface area contributed by atoms with Gasteiger partial charge in [0.1, 0.15) is 11.5 Å². The van der Waals surface area contributed by atoms with Crippen molar-refractivity contribution in [2.45, 2.75) is 46.2 Å². The number of aromatic nitrogens is 4. The standard InChI is InChI=1S/C16H20ClN5O/c1-9-12(17)13(21(5)20-9)14(23)22-7-10-6-18-15(16(2,3)4)19-11(10)8-22/h6H,7-8H2,1-5H3. The number of aryl methyl sites for hydroxylation is 2. The van der Waals surface area contributed by atoms with Crippen molar-refractivity contribution in [3.05, 3.63) is 39.7 Å². The van der Waals surface area contributed by atoms with Gasteiger partial charge in [-0.05, 0) is 6.92 Å². The van der Waals surface area contributed by atoms with E-state index < -0.39 is 0 Å². The smallest absolute Gasteiger partial charge is 0.274 e. The van der Waals surface area contributed by atoms with E-state index in [2.05, 4.69) is 35.8 Å². The third-order valence-electron chi connectivity index (χ3n) is 3.97. The maximum Gasteiger partial charge on any atom is 0.274 e. The summed E-state index contributed by atoms with van der Waals surface area (Å²) in [5.41, 5.74) is 2.86. The molecule has 3 heterocycles. The lowest BCUT2D eigenvalue weighted by Crippen LogP contribution is -2.27. The Morgan fingerprint density at radius 3 is 2.57 bits per heavy atom. The number of hydrogen-bond donors (Lipinski definition) is 0. The molecule has 0 radical (unpaired) electrons. The summed E-state index contributed by atoms with van der Waals surface area (Å²) in [5.74, 6) is 0.661. The number of hydrogen-bond acceptors (Lipinski definition) is 4. The van der Waals surface area contributed by atoms with Crippen LogP contribution in [-0.4, -0.2) is 30.6 Å². The quantitative estimate of drug-likeness (QED) is 0.804. The van der Waals surface area contributed by atoms with Gasteiger partial charge in [0.05, 0.1) is 23.0 Å². The minimum Gasteiger partial charge on any atom is -0.327 e. The number of fused-ring (bicyclic) bond motifs is 1. The molecule has 7 heteroatoms. The second kappa shape index (κ2) is 5.30. The first-order valence-corrected chi connectivity index (χ1v) is 7.90. The van der Waals surface area contributed by atoms with Crippen LogP contribution >= 0.6 is 11.6 Å². The van der Waals surface area contributed by atoms with Crippen LogP contribution in [-0.2, 0) is 25.6 Å². The monoisotopic (exact) mass is 333 g/mol. The lowest BCUT2D eigenvalue weighted by atomic mass is 9.95. The van der Waals surface area contributed by atoms with E-state index in [1.165, 1.54) is 4.68 Å². The number of halogens is 1. The first kappa shape index (κ1) is 15.9. The fourth-order valence-corrected chi connectivity index (χ4v) is 2.91. The van der Waals surface area contributed by atoms with Crippen LogP contribution < -0.4 is 0 Å². The van der Waals surface area contributed by atoms with E-state index in [4.69, 9.17) is 11.6 Å². The zero-order valence-corrected chi connectivity index (χ0v) is 14.8. The van der Waals surface area contributed by atoms with Gasteiger partial charge < -0.3 is 4.90 Å². The Labute approximate surface area is 140 Å². The molecule has 3 rings (SSSR count). The Kier molecular flexibility index (Phi) is 3.67. The Bertz CT molecular complexity index is 790. The zero-order valence-electron chi connectivity index (χ0n) is 14.0. The maximum atomic E-state index is 12.8. The van der Waals surface area contributed by atoms with Crippen LogP contribution in [0.1, 0.15) is 54.0 Å². The van der Waals surface area contributed by atoms with Crippen molar-refractivity contribution in [2.24, 2.45) is 7.05 Å². The summed E-state index contributed by atoms with van der Waals surface area (Å²) in [6.07, 6.45) is 1.83. The second-order valence-electron chi connectivity index (χ2n) is 6.95. The van der Waals surface area contributed by atoms with Gasteiger partial charge in [0.15, 0.2) is 0 Å². The van der Waals surface area contributed by atoms with Gasteiger partial charge in [0.25, 0.3) is 5.91 Å². The molecule has 2 aromatic heterocycles. The van der Waals surface area contributed by atoms with Gasteiger partial charge >= 0.3 is 0 Å². The molecule has 1 amide bonds. The summed E-state index contributed by atoms with van der Waals surface area (Å²) in [5, 5.41) is 4.62. The lowest BCUT2D eigenvalue weighted by molar-refractivity contribution is 0.0739. The van der Waals surface area contributed by atoms with Crippen molar-refractivity contribution < 1.29 is 4.79 Å². The van der Waals surface area contributed by atoms with Crippen LogP contribution in [0.15, 0.2) is 6.20 Å². The molecule has 1 aliphatic rings. The highest BCUT2D eigenvalue weighted by molar-refractivity contribution is 6.34. The Balaban J connectivity index is 1.89. The van der Waals surface area contributed by atoms with Crippen LogP contribution in [0.3, 0.4) is 0 Å². The molecule has 1 aliphatic heterocycles. The first-order valence-electron chi connectivity index (χ1n) is 7.52. The summed E-state index contributed by atoms with van der Waals surface area (Å²) in [4.78, 5) is 23.6. The van der Waals surface area contributed by atoms with Crippen molar-refractivity contribution in [1.82, 2.24) is 24.6 Å². The highest BCUT2D eigenvalue weighted by atomic mass is 35.5. The van der Waals surface area contributed by atoms with Gasteiger partial charge in [-0.15, -0.1) is 0 Å². The van der Waals surface area contributed by atoms with E-state index in [1.54, 1.807) is 18.9 Å². The fourth-order valence-electron chi connectivity index (χ4n) is 2.67. The van der Waals surface area contributed by atoms with Gasteiger partial charge in [0.2, 0.25) is 0 Å². The largest absolute Gasteiger partial charge is 0.327 e. The van der Waals surface area contributed by atoms with E-state index in [-0.39, 0.29) is 11.3 Å². The molecule has 0 N–H and O–H groups in total. The van der Waals surface area contributed by atoms with Gasteiger partial charge in [-0.3, -0.25) is 9.48 Å². The van der Waals surface area contributed by atoms with Crippen LogP contribution in [0.5, 0.6) is 0 Å². The summed E-state index contributed by atoms with van der Waals surface area (Å²) >= 11 is 6.22. The Morgan fingerprint density at radius 1 is 1.30 bits per heavy atom. The highest BCUT2D eigenvalue weighted by Crippen LogP contribution is 2.28. The predicted molar refractivity (Wildman–Crippen MR) is 87.3 cm³/mol. The normalized spacial score (nSPS) is 14.3. The van der Waals surface area contributed by atoms with Crippen molar-refractivity contribution in [2.75, 3.05) is 0 Å².